The van der Waals surface area contributed by atoms with E-state index in [9.17, 15) is 4.39 Å². The fourth-order valence-electron chi connectivity index (χ4n) is 3.47. The van der Waals surface area contributed by atoms with E-state index in [1.807, 2.05) is 0 Å². The second-order valence-corrected chi connectivity index (χ2v) is 6.23. The van der Waals surface area contributed by atoms with Crippen molar-refractivity contribution in [1.29, 1.82) is 0 Å². The van der Waals surface area contributed by atoms with Crippen LogP contribution in [0, 0.1) is 5.82 Å². The summed E-state index contributed by atoms with van der Waals surface area (Å²) in [6.45, 7) is 3.59. The first kappa shape index (κ1) is 13.3. The largest absolute Gasteiger partial charge is 0.309 e. The fraction of sp³-hybridized carbons (Fsp3) is 0.600. The van der Waals surface area contributed by atoms with Crippen LogP contribution < -0.4 is 5.32 Å². The maximum atomic E-state index is 13.8. The van der Waals surface area contributed by atoms with Gasteiger partial charge >= 0.3 is 0 Å². The van der Waals surface area contributed by atoms with E-state index in [-0.39, 0.29) is 11.4 Å². The van der Waals surface area contributed by atoms with Crippen molar-refractivity contribution < 1.29 is 4.39 Å². The van der Waals surface area contributed by atoms with Gasteiger partial charge < -0.3 is 5.32 Å². The van der Waals surface area contributed by atoms with Crippen LogP contribution in [0.5, 0.6) is 0 Å². The topological polar surface area (TPSA) is 15.3 Å². The Bertz CT molecular complexity index is 437. The van der Waals surface area contributed by atoms with E-state index in [1.165, 1.54) is 31.7 Å². The van der Waals surface area contributed by atoms with Crippen LogP contribution >= 0.6 is 11.6 Å². The predicted molar refractivity (Wildman–Crippen MR) is 75.9 cm³/mol. The summed E-state index contributed by atoms with van der Waals surface area (Å²) >= 11 is 6.12. The van der Waals surface area contributed by atoms with E-state index in [4.69, 9.17) is 11.6 Å². The third-order valence-corrected chi connectivity index (χ3v) is 4.81. The van der Waals surface area contributed by atoms with Gasteiger partial charge in [0.25, 0.3) is 0 Å². The Morgan fingerprint density at radius 2 is 2.11 bits per heavy atom. The van der Waals surface area contributed by atoms with Gasteiger partial charge in [-0.05, 0) is 25.0 Å². The van der Waals surface area contributed by atoms with Gasteiger partial charge in [-0.25, -0.2) is 4.39 Å². The Morgan fingerprint density at radius 3 is 2.84 bits per heavy atom. The first-order valence-electron chi connectivity index (χ1n) is 7.09. The first-order chi connectivity index (χ1) is 9.19. The van der Waals surface area contributed by atoms with Crippen LogP contribution in [0.25, 0.3) is 0 Å². The molecule has 0 atom stereocenters. The molecule has 1 saturated heterocycles. The lowest BCUT2D eigenvalue weighted by molar-refractivity contribution is 0.127. The van der Waals surface area contributed by atoms with Crippen molar-refractivity contribution in [2.75, 3.05) is 19.6 Å². The van der Waals surface area contributed by atoms with Gasteiger partial charge in [-0.15, -0.1) is 0 Å². The summed E-state index contributed by atoms with van der Waals surface area (Å²) in [5.74, 6) is -0.188. The molecule has 2 fully saturated rings. The summed E-state index contributed by atoms with van der Waals surface area (Å²) in [6, 6.07) is 4.93. The van der Waals surface area contributed by atoms with Crippen molar-refractivity contribution in [3.05, 3.63) is 34.6 Å². The molecule has 1 spiro atoms. The number of nitrogens with one attached hydrogen (secondary N) is 1. The Balaban J connectivity index is 1.73. The lowest BCUT2D eigenvalue weighted by Crippen LogP contribution is -2.58. The number of hydrogen-bond donors (Lipinski definition) is 1. The number of halogens is 2. The Labute approximate surface area is 118 Å². The molecule has 0 amide bonds. The molecule has 1 aromatic rings. The molecule has 0 radical (unpaired) electrons. The lowest BCUT2D eigenvalue weighted by atomic mass is 9.94. The van der Waals surface area contributed by atoms with Gasteiger partial charge in [0.2, 0.25) is 0 Å². The minimum Gasteiger partial charge on any atom is -0.309 e. The summed E-state index contributed by atoms with van der Waals surface area (Å²) in [6.07, 6.45) is 5.10. The third-order valence-electron chi connectivity index (χ3n) is 4.46. The van der Waals surface area contributed by atoms with Gasteiger partial charge in [0.1, 0.15) is 5.82 Å². The molecule has 1 aliphatic carbocycles. The number of rotatable bonds is 2. The summed E-state index contributed by atoms with van der Waals surface area (Å²) in [5.41, 5.74) is 0.912. The maximum Gasteiger partial charge on any atom is 0.129 e. The van der Waals surface area contributed by atoms with Crippen molar-refractivity contribution in [3.63, 3.8) is 0 Å². The SMILES string of the molecule is Fc1cccc(Cl)c1CN1CCNC2(CCCC2)C1. The van der Waals surface area contributed by atoms with Gasteiger partial charge in [-0.1, -0.05) is 30.5 Å². The van der Waals surface area contributed by atoms with E-state index >= 15 is 0 Å². The van der Waals surface area contributed by atoms with Crippen LogP contribution in [-0.4, -0.2) is 30.1 Å². The van der Waals surface area contributed by atoms with Gasteiger partial charge in [-0.3, -0.25) is 4.90 Å². The molecule has 0 aromatic heterocycles. The monoisotopic (exact) mass is 282 g/mol. The maximum absolute atomic E-state index is 13.8. The molecule has 1 saturated carbocycles. The Morgan fingerprint density at radius 1 is 1.32 bits per heavy atom. The molecule has 1 aromatic carbocycles. The number of benzene rings is 1. The minimum absolute atomic E-state index is 0.188. The molecule has 1 heterocycles. The van der Waals surface area contributed by atoms with Gasteiger partial charge in [-0.2, -0.15) is 0 Å². The van der Waals surface area contributed by atoms with Crippen LogP contribution in [0.1, 0.15) is 31.2 Å². The van der Waals surface area contributed by atoms with Crippen molar-refractivity contribution in [2.24, 2.45) is 0 Å². The molecule has 1 aliphatic heterocycles. The molecule has 4 heteroatoms. The van der Waals surface area contributed by atoms with Crippen LogP contribution in [0.3, 0.4) is 0 Å². The van der Waals surface area contributed by atoms with E-state index in [2.05, 4.69) is 10.2 Å². The first-order valence-corrected chi connectivity index (χ1v) is 7.47. The molecule has 0 bridgehead atoms. The van der Waals surface area contributed by atoms with Crippen LogP contribution in [0.4, 0.5) is 4.39 Å². The van der Waals surface area contributed by atoms with E-state index in [0.29, 0.717) is 17.1 Å². The third kappa shape index (κ3) is 2.78. The van der Waals surface area contributed by atoms with Crippen molar-refractivity contribution >= 4 is 11.6 Å². The summed E-state index contributed by atoms with van der Waals surface area (Å²) in [5, 5.41) is 4.21. The minimum atomic E-state index is -0.188. The fourth-order valence-corrected chi connectivity index (χ4v) is 3.69. The zero-order valence-electron chi connectivity index (χ0n) is 11.1. The molecule has 1 N–H and O–H groups in total. The van der Waals surface area contributed by atoms with Crippen molar-refractivity contribution in [2.45, 2.75) is 37.8 Å². The highest BCUT2D eigenvalue weighted by atomic mass is 35.5. The van der Waals surface area contributed by atoms with Crippen LogP contribution in [0.15, 0.2) is 18.2 Å². The van der Waals surface area contributed by atoms with E-state index < -0.39 is 0 Å². The second kappa shape index (κ2) is 5.39. The molecule has 19 heavy (non-hydrogen) atoms. The lowest BCUT2D eigenvalue weighted by Gasteiger charge is -2.41. The summed E-state index contributed by atoms with van der Waals surface area (Å²) in [4.78, 5) is 2.34. The average Bonchev–Trinajstić information content (AvgIpc) is 2.82. The van der Waals surface area contributed by atoms with E-state index in [1.54, 1.807) is 12.1 Å². The number of piperazine rings is 1. The number of nitrogens with zero attached hydrogens (tertiary/aromatic N) is 1. The van der Waals surface area contributed by atoms with Gasteiger partial charge in [0.05, 0.1) is 0 Å². The molecular formula is C15H20ClFN2. The molecule has 104 valence electrons. The summed E-state index contributed by atoms with van der Waals surface area (Å²) < 4.78 is 13.8. The van der Waals surface area contributed by atoms with Crippen molar-refractivity contribution in [3.8, 4) is 0 Å². The Hall–Kier alpha value is -0.640. The average molecular weight is 283 g/mol. The van der Waals surface area contributed by atoms with Crippen LogP contribution in [0.2, 0.25) is 5.02 Å². The predicted octanol–water partition coefficient (Wildman–Crippen LogP) is 3.20. The van der Waals surface area contributed by atoms with Crippen LogP contribution in [-0.2, 0) is 6.54 Å². The molecule has 0 unspecified atom stereocenters. The van der Waals surface area contributed by atoms with Gasteiger partial charge in [0.15, 0.2) is 0 Å². The summed E-state index contributed by atoms with van der Waals surface area (Å²) in [7, 11) is 0. The smallest absolute Gasteiger partial charge is 0.129 e. The highest BCUT2D eigenvalue weighted by Gasteiger charge is 2.37. The number of hydrogen-bond acceptors (Lipinski definition) is 2. The molecule has 2 aliphatic rings. The second-order valence-electron chi connectivity index (χ2n) is 5.83. The normalized spacial score (nSPS) is 23.1. The Kier molecular flexibility index (Phi) is 3.79. The standard InChI is InChI=1S/C15H20ClFN2/c16-13-4-3-5-14(17)12(13)10-19-9-8-18-15(11-19)6-1-2-7-15/h3-5,18H,1-2,6-11H2. The highest BCUT2D eigenvalue weighted by molar-refractivity contribution is 6.31. The molecule has 3 rings (SSSR count). The van der Waals surface area contributed by atoms with E-state index in [0.717, 1.165) is 19.6 Å². The highest BCUT2D eigenvalue weighted by Crippen LogP contribution is 2.33. The van der Waals surface area contributed by atoms with Gasteiger partial charge in [0, 0.05) is 42.3 Å². The molecule has 2 nitrogen and oxygen atoms in total. The molecular weight excluding hydrogens is 263 g/mol. The van der Waals surface area contributed by atoms with Crippen molar-refractivity contribution in [1.82, 2.24) is 10.2 Å². The quantitative estimate of drug-likeness (QED) is 0.896. The zero-order chi connectivity index (χ0) is 13.3. The zero-order valence-corrected chi connectivity index (χ0v) is 11.8.